The molecule has 0 spiro atoms. The second kappa shape index (κ2) is 7.42. The summed E-state index contributed by atoms with van der Waals surface area (Å²) in [5.41, 5.74) is 3.85. The number of anilines is 1. The summed E-state index contributed by atoms with van der Waals surface area (Å²) in [6.45, 7) is 3.15. The molecule has 0 fully saturated rings. The van der Waals surface area contributed by atoms with Gasteiger partial charge in [0.25, 0.3) is 0 Å². The van der Waals surface area contributed by atoms with Gasteiger partial charge in [-0.05, 0) is 69.9 Å². The fourth-order valence-electron chi connectivity index (χ4n) is 3.87. The van der Waals surface area contributed by atoms with Crippen molar-refractivity contribution >= 4 is 33.0 Å². The topological polar surface area (TPSA) is 131 Å². The lowest BCUT2D eigenvalue weighted by molar-refractivity contribution is 0.0783. The maximum Gasteiger partial charge on any atom is 0.354 e. The van der Waals surface area contributed by atoms with Crippen molar-refractivity contribution in [3.63, 3.8) is 0 Å². The maximum atomic E-state index is 12.9. The lowest BCUT2D eigenvalue weighted by atomic mass is 9.92. The van der Waals surface area contributed by atoms with Crippen LogP contribution in [0.25, 0.3) is 0 Å². The van der Waals surface area contributed by atoms with Crippen LogP contribution in [0.5, 0.6) is 0 Å². The van der Waals surface area contributed by atoms with Crippen molar-refractivity contribution in [1.29, 1.82) is 0 Å². The first-order valence-corrected chi connectivity index (χ1v) is 12.1. The van der Waals surface area contributed by atoms with Crippen molar-refractivity contribution in [3.8, 4) is 0 Å². The van der Waals surface area contributed by atoms with Crippen molar-refractivity contribution in [3.05, 3.63) is 33.7 Å². The average molecular weight is 436 g/mol. The third kappa shape index (κ3) is 4.07. The predicted molar refractivity (Wildman–Crippen MR) is 112 cm³/mol. The van der Waals surface area contributed by atoms with Gasteiger partial charge >= 0.3 is 6.03 Å². The number of fused-ring (bicyclic) bond motifs is 2. The molecule has 2 aromatic rings. The molecule has 0 radical (unpaired) electrons. The number of hydrogen-bond acceptors (Lipinski definition) is 6. The number of amides is 2. The molecule has 4 rings (SSSR count). The zero-order valence-corrected chi connectivity index (χ0v) is 18.2. The van der Waals surface area contributed by atoms with Crippen LogP contribution in [-0.2, 0) is 41.2 Å². The van der Waals surface area contributed by atoms with Crippen molar-refractivity contribution < 1.29 is 14.1 Å². The van der Waals surface area contributed by atoms with Gasteiger partial charge in [-0.15, -0.1) is 15.7 Å². The summed E-state index contributed by atoms with van der Waals surface area (Å²) in [6.07, 6.45) is 8.04. The minimum atomic E-state index is -3.46. The Hall–Kier alpha value is -1.88. The third-order valence-corrected chi connectivity index (χ3v) is 8.44. The predicted octanol–water partition coefficient (Wildman–Crippen LogP) is 3.07. The van der Waals surface area contributed by atoms with Crippen LogP contribution >= 0.6 is 11.3 Å². The molecule has 8 nitrogen and oxygen atoms in total. The van der Waals surface area contributed by atoms with Gasteiger partial charge in [0, 0.05) is 11.4 Å². The van der Waals surface area contributed by atoms with E-state index in [0.29, 0.717) is 5.01 Å². The summed E-state index contributed by atoms with van der Waals surface area (Å²) in [5.74, 6) is 0. The van der Waals surface area contributed by atoms with E-state index in [0.717, 1.165) is 84.5 Å². The highest BCUT2D eigenvalue weighted by Gasteiger charge is 2.27. The number of aromatic nitrogens is 2. The molecule has 2 aliphatic rings. The number of thiazole rings is 1. The molecule has 0 saturated heterocycles. The highest BCUT2D eigenvalue weighted by Crippen LogP contribution is 2.36. The molecule has 156 valence electrons. The summed E-state index contributed by atoms with van der Waals surface area (Å²) < 4.78 is 16.8. The lowest BCUT2D eigenvalue weighted by Gasteiger charge is -2.21. The van der Waals surface area contributed by atoms with Gasteiger partial charge in [-0.1, -0.05) is 0 Å². The Morgan fingerprint density at radius 2 is 1.83 bits per heavy atom. The molecule has 1 atom stereocenters. The van der Waals surface area contributed by atoms with Crippen LogP contribution in [0.3, 0.4) is 0 Å². The number of aryl methyl sites for hydroxylation is 2. The summed E-state index contributed by atoms with van der Waals surface area (Å²) in [6, 6.07) is -0.733. The summed E-state index contributed by atoms with van der Waals surface area (Å²) >= 11 is 0.993. The van der Waals surface area contributed by atoms with Crippen molar-refractivity contribution in [2.75, 3.05) is 5.32 Å². The first-order valence-electron chi connectivity index (χ1n) is 9.73. The average Bonchev–Trinajstić information content (AvgIpc) is 3.30. The molecule has 0 bridgehead atoms. The minimum Gasteiger partial charge on any atom is -0.383 e. The van der Waals surface area contributed by atoms with Gasteiger partial charge in [0.2, 0.25) is 0 Å². The molecule has 0 aliphatic heterocycles. The van der Waals surface area contributed by atoms with E-state index in [2.05, 4.69) is 14.7 Å². The summed E-state index contributed by atoms with van der Waals surface area (Å²) in [5, 5.41) is 19.1. The molecule has 2 aliphatic carbocycles. The molecule has 2 amide bonds. The molecule has 1 unspecified atom stereocenters. The molecule has 2 heterocycles. The van der Waals surface area contributed by atoms with Crippen molar-refractivity contribution in [1.82, 2.24) is 9.97 Å². The van der Waals surface area contributed by atoms with E-state index in [4.69, 9.17) is 10.1 Å². The maximum absolute atomic E-state index is 12.9. The van der Waals surface area contributed by atoms with E-state index < -0.39 is 21.5 Å². The first-order chi connectivity index (χ1) is 13.6. The SMILES string of the molecule is CC(C)(O)c1ncc(S(N)(=O)=NC(=O)Nc2c3c(nc4c2CCC4)CCCC3)s1. The van der Waals surface area contributed by atoms with Gasteiger partial charge in [0.1, 0.15) is 14.8 Å². The van der Waals surface area contributed by atoms with E-state index in [-0.39, 0.29) is 4.21 Å². The zero-order valence-electron chi connectivity index (χ0n) is 16.5. The standard InChI is InChI=1S/C19H25N5O3S2/c1-19(2,26)17-21-10-15(28-17)29(20,27)24-18(25)23-16-11-6-3-4-8-13(11)22-14-9-5-7-12(14)16/h10,26H,3-9H2,1-2H3,(H3,20,22,23,24,25,27). The summed E-state index contributed by atoms with van der Waals surface area (Å²) in [7, 11) is -3.46. The molecule has 4 N–H and O–H groups in total. The second-order valence-electron chi connectivity index (χ2n) is 8.03. The molecule has 29 heavy (non-hydrogen) atoms. The van der Waals surface area contributed by atoms with Crippen LogP contribution in [0.2, 0.25) is 0 Å². The lowest BCUT2D eigenvalue weighted by Crippen LogP contribution is -2.20. The molecule has 2 aromatic heterocycles. The van der Waals surface area contributed by atoms with E-state index in [9.17, 15) is 14.1 Å². The number of nitrogens with one attached hydrogen (secondary N) is 1. The van der Waals surface area contributed by atoms with Crippen LogP contribution in [-0.4, -0.2) is 25.3 Å². The Balaban J connectivity index is 1.66. The number of carbonyl (C=O) groups is 1. The largest absolute Gasteiger partial charge is 0.383 e. The molecule has 10 heteroatoms. The second-order valence-corrected chi connectivity index (χ2v) is 11.1. The van der Waals surface area contributed by atoms with Gasteiger partial charge in [0.15, 0.2) is 9.92 Å². The van der Waals surface area contributed by atoms with E-state index in [1.54, 1.807) is 13.8 Å². The molecular formula is C19H25N5O3S2. The molecular weight excluding hydrogens is 410 g/mol. The number of urea groups is 1. The van der Waals surface area contributed by atoms with Crippen LogP contribution < -0.4 is 10.5 Å². The minimum absolute atomic E-state index is 0.159. The highest BCUT2D eigenvalue weighted by atomic mass is 32.2. The number of nitrogens with two attached hydrogens (primary N) is 1. The van der Waals surface area contributed by atoms with Crippen LogP contribution in [0, 0.1) is 0 Å². The number of aliphatic hydroxyl groups is 1. The van der Waals surface area contributed by atoms with Gasteiger partial charge < -0.3 is 10.4 Å². The highest BCUT2D eigenvalue weighted by molar-refractivity contribution is 7.93. The Morgan fingerprint density at radius 1 is 1.21 bits per heavy atom. The number of rotatable bonds is 3. The van der Waals surface area contributed by atoms with Gasteiger partial charge in [-0.3, -0.25) is 4.98 Å². The molecule has 0 aromatic carbocycles. The van der Waals surface area contributed by atoms with Crippen LogP contribution in [0.1, 0.15) is 60.6 Å². The van der Waals surface area contributed by atoms with E-state index in [1.165, 1.54) is 6.20 Å². The third-order valence-electron chi connectivity index (χ3n) is 5.25. The Morgan fingerprint density at radius 3 is 2.48 bits per heavy atom. The fourth-order valence-corrected chi connectivity index (χ4v) is 5.94. The van der Waals surface area contributed by atoms with E-state index in [1.807, 2.05) is 0 Å². The summed E-state index contributed by atoms with van der Waals surface area (Å²) in [4.78, 5) is 21.5. The quantitative estimate of drug-likeness (QED) is 0.682. The number of carbonyl (C=O) groups excluding carboxylic acids is 1. The van der Waals surface area contributed by atoms with Gasteiger partial charge in [-0.2, -0.15) is 0 Å². The first kappa shape index (κ1) is 20.4. The Labute approximate surface area is 174 Å². The smallest absolute Gasteiger partial charge is 0.354 e. The van der Waals surface area contributed by atoms with Crippen molar-refractivity contribution in [2.45, 2.75) is 68.6 Å². The monoisotopic (exact) mass is 435 g/mol. The number of nitrogens with zero attached hydrogens (tertiary/aromatic N) is 3. The van der Waals surface area contributed by atoms with Gasteiger partial charge in [-0.25, -0.2) is 19.1 Å². The van der Waals surface area contributed by atoms with Crippen LogP contribution in [0.4, 0.5) is 10.5 Å². The van der Waals surface area contributed by atoms with E-state index >= 15 is 0 Å². The molecule has 0 saturated carbocycles. The number of pyridine rings is 1. The van der Waals surface area contributed by atoms with Crippen LogP contribution in [0.15, 0.2) is 14.8 Å². The Kier molecular flexibility index (Phi) is 5.22. The fraction of sp³-hybridized carbons (Fsp3) is 0.526. The zero-order chi connectivity index (χ0) is 20.8. The normalized spacial score (nSPS) is 17.9. The number of hydrogen-bond donors (Lipinski definition) is 3. The van der Waals surface area contributed by atoms with Gasteiger partial charge in [0.05, 0.1) is 11.9 Å². The van der Waals surface area contributed by atoms with Crippen molar-refractivity contribution in [2.24, 2.45) is 9.50 Å². The Bertz CT molecular complexity index is 1090.